The van der Waals surface area contributed by atoms with Crippen molar-refractivity contribution in [2.24, 2.45) is 0 Å². The Morgan fingerprint density at radius 2 is 0.718 bits per heavy atom. The van der Waals surface area contributed by atoms with Gasteiger partial charge in [0.15, 0.2) is 0 Å². The van der Waals surface area contributed by atoms with Crippen molar-refractivity contribution >= 4 is 195 Å². The van der Waals surface area contributed by atoms with Crippen molar-refractivity contribution in [3.63, 3.8) is 0 Å². The van der Waals surface area contributed by atoms with Crippen LogP contribution in [-0.2, 0) is 44.9 Å². The second-order valence-corrected chi connectivity index (χ2v) is 36.8. The van der Waals surface area contributed by atoms with Gasteiger partial charge < -0.3 is 25.2 Å². The summed E-state index contributed by atoms with van der Waals surface area (Å²) in [5.41, 5.74) is 37.4. The number of carboxylic acids is 4. The van der Waals surface area contributed by atoms with E-state index in [0.29, 0.717) is 12.0 Å². The molecular weight excluding hydrogens is 1770 g/mol. The molecule has 12 aromatic rings. The summed E-state index contributed by atoms with van der Waals surface area (Å²) in [6, 6.07) is 83.9. The molecule has 2 heterocycles. The molecule has 4 N–H and O–H groups in total. The Kier molecular flexibility index (Phi) is 32.2. The van der Waals surface area contributed by atoms with E-state index in [4.69, 9.17) is 83.2 Å². The van der Waals surface area contributed by atoms with Gasteiger partial charge in [-0.1, -0.05) is 310 Å². The number of allylic oxidation sites excluding steroid dienone is 13. The van der Waals surface area contributed by atoms with Gasteiger partial charge in [-0.25, -0.2) is 19.2 Å². The number of carbonyl (C=O) groups is 4. The van der Waals surface area contributed by atoms with Crippen LogP contribution < -0.4 is 4.74 Å². The van der Waals surface area contributed by atoms with Crippen LogP contribution in [0.3, 0.4) is 0 Å². The van der Waals surface area contributed by atoms with E-state index in [9.17, 15) is 24.4 Å². The number of hydrogen-bond acceptors (Lipinski definition) is 8. The summed E-state index contributed by atoms with van der Waals surface area (Å²) < 4.78 is 7.30. The van der Waals surface area contributed by atoms with Gasteiger partial charge >= 0.3 is 23.9 Å². The molecule has 2 aromatic heterocycles. The van der Waals surface area contributed by atoms with E-state index in [-0.39, 0.29) is 0 Å². The van der Waals surface area contributed by atoms with Crippen molar-refractivity contribution in [1.29, 1.82) is 5.26 Å². The molecule has 658 valence electrons. The quantitative estimate of drug-likeness (QED) is 0.0317. The maximum Gasteiger partial charge on any atom is 0.328 e. The smallest absolute Gasteiger partial charge is 0.328 e. The first-order chi connectivity index (χ1) is 63.2. The Balaban J connectivity index is 0.000000149. The number of fused-ring (bicyclic) bond motifs is 4. The average Bonchev–Trinajstić information content (AvgIpc) is 1.63. The zero-order valence-corrected chi connectivity index (χ0v) is 79.3. The molecule has 17 heteroatoms. The lowest BCUT2D eigenvalue weighted by Crippen LogP contribution is -2.00. The zero-order chi connectivity index (χ0) is 93.3. The minimum absolute atomic E-state index is 0.680. The molecule has 0 atom stereocenters. The molecule has 0 unspecified atom stereocenters. The third kappa shape index (κ3) is 22.8. The van der Waals surface area contributed by atoms with Gasteiger partial charge in [0.1, 0.15) is 20.5 Å². The summed E-state index contributed by atoms with van der Waals surface area (Å²) in [5, 5.41) is 48.1. The number of methoxy groups -OCH3 is 1. The monoisotopic (exact) mass is 1860 g/mol. The maximum absolute atomic E-state index is 10.9. The number of halogens is 5. The van der Waals surface area contributed by atoms with E-state index >= 15 is 0 Å². The van der Waals surface area contributed by atoms with E-state index < -0.39 is 23.9 Å². The summed E-state index contributed by atoms with van der Waals surface area (Å²) in [7, 11) is 1.70. The predicted octanol–water partition coefficient (Wildman–Crippen LogP) is 31.3. The Hall–Kier alpha value is -12.9. The number of nitriles is 1. The van der Waals surface area contributed by atoms with Crippen molar-refractivity contribution in [2.45, 2.75) is 107 Å². The number of hydrogen-bond donors (Lipinski definition) is 4. The van der Waals surface area contributed by atoms with Crippen LogP contribution in [0.1, 0.15) is 186 Å². The second kappa shape index (κ2) is 44.1. The lowest BCUT2D eigenvalue weighted by Gasteiger charge is -2.20. The Labute approximate surface area is 799 Å². The topological polar surface area (TPSA) is 182 Å². The molecule has 0 bridgehead atoms. The SMILES string of the molecule is CC/C(=C(\C1=C(C#N)c2ccccc2C1)c1ccc(/C=C/C(=O)O)cc1)c1cc(C)sc1Cl.CC/C(=C(\C1=C(Cl)c2ccccc2C1)c1ccc(/C=C/C(=O)O)cc1)c1cc(C)sc1Cl.CC/C(=C(\C1=C(Cl)c2ccccc2C1)c1ccc(/C=C/C(=O)O)cc1)c1ccc(C)cc1OC.CC/C(=C(\C1=Cc2ccccc2C1)c1ccc(/C=C/C(=O)O)cc1)c1ccc(C)cc1Cl. The summed E-state index contributed by atoms with van der Waals surface area (Å²) >= 11 is 37.1. The third-order valence-electron chi connectivity index (χ3n) is 23.3. The highest BCUT2D eigenvalue weighted by Crippen LogP contribution is 2.52. The van der Waals surface area contributed by atoms with E-state index in [1.54, 1.807) is 54.1 Å². The Morgan fingerprint density at radius 1 is 0.382 bits per heavy atom. The lowest BCUT2D eigenvalue weighted by molar-refractivity contribution is -0.132. The number of aryl methyl sites for hydroxylation is 4. The molecule has 4 aliphatic carbocycles. The number of thiophene rings is 2. The van der Waals surface area contributed by atoms with Crippen LogP contribution in [-0.4, -0.2) is 51.4 Å². The Bertz CT molecular complexity index is 6880. The molecule has 131 heavy (non-hydrogen) atoms. The molecule has 0 saturated carbocycles. The highest BCUT2D eigenvalue weighted by atomic mass is 35.5. The number of ether oxygens (including phenoxy) is 1. The molecule has 0 radical (unpaired) electrons. The molecule has 4 aliphatic rings. The van der Waals surface area contributed by atoms with Gasteiger partial charge in [-0.3, -0.25) is 0 Å². The summed E-state index contributed by atoms with van der Waals surface area (Å²) in [6.07, 6.45) is 19.5. The lowest BCUT2D eigenvalue weighted by atomic mass is 9.86. The number of benzene rings is 10. The normalized spacial score (nSPS) is 13.8. The first-order valence-electron chi connectivity index (χ1n) is 43.1. The largest absolute Gasteiger partial charge is 0.496 e. The van der Waals surface area contributed by atoms with E-state index in [0.717, 1.165) is 254 Å². The van der Waals surface area contributed by atoms with Crippen molar-refractivity contribution in [2.75, 3.05) is 7.11 Å². The highest BCUT2D eigenvalue weighted by Gasteiger charge is 2.32. The van der Waals surface area contributed by atoms with Gasteiger partial charge in [0, 0.05) is 75.0 Å². The molecule has 10 nitrogen and oxygen atoms in total. The highest BCUT2D eigenvalue weighted by molar-refractivity contribution is 7.16. The molecule has 0 fully saturated rings. The summed E-state index contributed by atoms with van der Waals surface area (Å²) in [5.74, 6) is -3.03. The number of nitrogens with zero attached hydrogens (tertiary/aromatic N) is 1. The maximum atomic E-state index is 10.9. The zero-order valence-electron chi connectivity index (χ0n) is 73.9. The number of rotatable bonds is 25. The van der Waals surface area contributed by atoms with Crippen LogP contribution >= 0.6 is 80.7 Å². The van der Waals surface area contributed by atoms with Crippen LogP contribution in [0.15, 0.2) is 289 Å². The third-order valence-corrected chi connectivity index (χ3v) is 27.1. The molecular formula is C114H96Cl5NO9S2. The van der Waals surface area contributed by atoms with E-state index in [1.807, 2.05) is 147 Å². The fourth-order valence-electron chi connectivity index (χ4n) is 17.3. The molecule has 0 saturated heterocycles. The second-order valence-electron chi connectivity index (χ2n) is 31.9. The fraction of sp³-hybridized carbons (Fsp3) is 0.149. The van der Waals surface area contributed by atoms with Crippen molar-refractivity contribution < 1.29 is 44.3 Å². The van der Waals surface area contributed by atoms with Gasteiger partial charge in [-0.2, -0.15) is 5.26 Å². The molecule has 10 aromatic carbocycles. The van der Waals surface area contributed by atoms with Crippen LogP contribution in [0.2, 0.25) is 13.7 Å². The number of carboxylic acid groups (broad SMARTS) is 4. The fourth-order valence-corrected chi connectivity index (χ4v) is 20.9. The predicted molar refractivity (Wildman–Crippen MR) is 550 cm³/mol. The standard InChI is InChI=1S/C30H27ClO3.C29H25ClO2.C28H22ClNO2S.C27H22Cl2O2S/c1-4-23(25-15-9-19(2)17-27(25)34-3)29(21-13-10-20(11-14-21)12-16-28(32)33)26-18-22-7-5-6-8-24(22)30(26)31;1-3-25(26-14-8-19(2)16-27(26)30)29(24-17-22-6-4-5-7-23(22)18-24)21-12-9-20(10-13-21)11-15-28(31)32;1-3-21(24-14-17(2)33-28(24)29)27(19-11-8-18(9-12-19)10-13-26(31)32)23-15-20-6-4-5-7-22(20)25(23)16-30;1-3-20(22-14-16(2)32-27(22)29)25(18-11-8-17(9-12-18)10-13-24(30)31)23-15-19-6-4-5-7-21(19)26(23)28/h5-17H,4,18H2,1-3H3,(H,32,33);4-17H,3,18H2,1-2H3,(H,31,32);4-14H,3,15H2,1-2H3,(H,31,32);4-14H,3,15H2,1-2H3,(H,30,31)/b16-12+,29-23+;15-11+,29-25+;13-10+,27-21+;13-10+,25-20+. The van der Waals surface area contributed by atoms with E-state index in [1.165, 1.54) is 43.9 Å². The average molecular weight is 1870 g/mol. The molecule has 16 rings (SSSR count). The molecule has 0 amide bonds. The summed E-state index contributed by atoms with van der Waals surface area (Å²) in [4.78, 5) is 45.8. The van der Waals surface area contributed by atoms with Gasteiger partial charge in [-0.05, 0) is 281 Å². The van der Waals surface area contributed by atoms with Crippen molar-refractivity contribution in [3.05, 3.63) is 435 Å². The minimum atomic E-state index is -0.983. The van der Waals surface area contributed by atoms with Crippen molar-refractivity contribution in [3.8, 4) is 11.8 Å². The molecule has 0 aliphatic heterocycles. The minimum Gasteiger partial charge on any atom is -0.496 e. The van der Waals surface area contributed by atoms with Gasteiger partial charge in [-0.15, -0.1) is 22.7 Å². The van der Waals surface area contributed by atoms with Crippen LogP contribution in [0.25, 0.3) is 90.6 Å². The van der Waals surface area contributed by atoms with Crippen LogP contribution in [0.5, 0.6) is 5.75 Å². The number of aliphatic carboxylic acids is 4. The van der Waals surface area contributed by atoms with Crippen LogP contribution in [0.4, 0.5) is 0 Å². The van der Waals surface area contributed by atoms with Gasteiger partial charge in [0.2, 0.25) is 0 Å². The molecule has 0 spiro atoms. The first kappa shape index (κ1) is 95.7. The van der Waals surface area contributed by atoms with Gasteiger partial charge in [0.05, 0.1) is 22.7 Å². The summed E-state index contributed by atoms with van der Waals surface area (Å²) in [6.45, 7) is 16.8. The van der Waals surface area contributed by atoms with E-state index in [2.05, 4.69) is 163 Å². The Morgan fingerprint density at radius 3 is 1.08 bits per heavy atom. The van der Waals surface area contributed by atoms with Gasteiger partial charge in [0.25, 0.3) is 0 Å². The van der Waals surface area contributed by atoms with Crippen LogP contribution in [0, 0.1) is 39.0 Å². The van der Waals surface area contributed by atoms with Crippen molar-refractivity contribution in [1.82, 2.24) is 0 Å². The first-order valence-corrected chi connectivity index (χ1v) is 46.6.